The largest absolute Gasteiger partial charge is 0.397 e. The van der Waals surface area contributed by atoms with Gasteiger partial charge in [-0.05, 0) is 34.8 Å². The molecule has 1 saturated heterocycles. The molecule has 116 valence electrons. The summed E-state index contributed by atoms with van der Waals surface area (Å²) in [6.07, 6.45) is 2.54. The molecule has 0 saturated carbocycles. The number of halogens is 1. The van der Waals surface area contributed by atoms with Crippen LogP contribution in [-0.4, -0.2) is 43.2 Å². The van der Waals surface area contributed by atoms with Crippen LogP contribution in [0.25, 0.3) is 0 Å². The number of pyridine rings is 1. The van der Waals surface area contributed by atoms with Crippen molar-refractivity contribution in [3.63, 3.8) is 0 Å². The van der Waals surface area contributed by atoms with Crippen molar-refractivity contribution in [1.29, 1.82) is 0 Å². The number of carbonyl (C=O) groups is 1. The quantitative estimate of drug-likeness (QED) is 0.853. The van der Waals surface area contributed by atoms with Gasteiger partial charge in [-0.3, -0.25) is 4.79 Å². The molecule has 1 aliphatic heterocycles. The smallest absolute Gasteiger partial charge is 0.245 e. The summed E-state index contributed by atoms with van der Waals surface area (Å²) in [6.45, 7) is 6.19. The SMILES string of the molecule is CCCNC(=O)C1COCCN1c1ncc(N)c(C)c1Br. The molecular weight excluding hydrogens is 336 g/mol. The lowest BCUT2D eigenvalue weighted by molar-refractivity contribution is -0.124. The maximum absolute atomic E-state index is 12.3. The van der Waals surface area contributed by atoms with Crippen LogP contribution < -0.4 is 16.0 Å². The van der Waals surface area contributed by atoms with E-state index in [1.165, 1.54) is 0 Å². The van der Waals surface area contributed by atoms with Gasteiger partial charge >= 0.3 is 0 Å². The lowest BCUT2D eigenvalue weighted by atomic mass is 10.1. The van der Waals surface area contributed by atoms with Crippen molar-refractivity contribution in [2.45, 2.75) is 26.3 Å². The van der Waals surface area contributed by atoms with Gasteiger partial charge in [0.1, 0.15) is 11.9 Å². The van der Waals surface area contributed by atoms with Gasteiger partial charge in [-0.25, -0.2) is 4.98 Å². The second-order valence-corrected chi connectivity index (χ2v) is 5.84. The number of amides is 1. The van der Waals surface area contributed by atoms with E-state index in [4.69, 9.17) is 10.5 Å². The van der Waals surface area contributed by atoms with Crippen LogP contribution in [0, 0.1) is 6.92 Å². The predicted molar refractivity (Wildman–Crippen MR) is 86.3 cm³/mol. The van der Waals surface area contributed by atoms with Gasteiger partial charge in [0, 0.05) is 13.1 Å². The van der Waals surface area contributed by atoms with E-state index in [1.807, 2.05) is 18.7 Å². The van der Waals surface area contributed by atoms with Crippen molar-refractivity contribution in [2.24, 2.45) is 0 Å². The molecule has 0 aliphatic carbocycles. The topological polar surface area (TPSA) is 80.5 Å². The van der Waals surface area contributed by atoms with Crippen molar-refractivity contribution >= 4 is 33.3 Å². The molecule has 0 radical (unpaired) electrons. The standard InChI is InChI=1S/C14H21BrN4O2/c1-3-4-17-14(20)11-8-21-6-5-19(11)13-12(15)9(2)10(16)7-18-13/h7,11H,3-6,8,16H2,1-2H3,(H,17,20). The minimum atomic E-state index is -0.364. The van der Waals surface area contributed by atoms with Crippen LogP contribution in [0.3, 0.4) is 0 Å². The zero-order chi connectivity index (χ0) is 15.4. The van der Waals surface area contributed by atoms with Crippen LogP contribution in [-0.2, 0) is 9.53 Å². The number of hydrogen-bond donors (Lipinski definition) is 2. The Kier molecular flexibility index (Phi) is 5.41. The summed E-state index contributed by atoms with van der Waals surface area (Å²) >= 11 is 3.54. The highest BCUT2D eigenvalue weighted by molar-refractivity contribution is 9.10. The number of nitrogen functional groups attached to an aromatic ring is 1. The number of nitrogens with one attached hydrogen (secondary N) is 1. The Balaban J connectivity index is 2.26. The summed E-state index contributed by atoms with van der Waals surface area (Å²) in [7, 11) is 0. The number of carbonyl (C=O) groups excluding carboxylic acids is 1. The van der Waals surface area contributed by atoms with Gasteiger partial charge in [-0.15, -0.1) is 0 Å². The highest BCUT2D eigenvalue weighted by atomic mass is 79.9. The normalized spacial score (nSPS) is 18.6. The number of ether oxygens (including phenoxy) is 1. The van der Waals surface area contributed by atoms with Gasteiger partial charge in [-0.1, -0.05) is 6.92 Å². The third-order valence-corrected chi connectivity index (χ3v) is 4.49. The van der Waals surface area contributed by atoms with Crippen molar-refractivity contribution < 1.29 is 9.53 Å². The van der Waals surface area contributed by atoms with E-state index < -0.39 is 0 Å². The zero-order valence-electron chi connectivity index (χ0n) is 12.4. The number of hydrogen-bond acceptors (Lipinski definition) is 5. The molecule has 2 heterocycles. The molecule has 0 spiro atoms. The first-order valence-electron chi connectivity index (χ1n) is 7.09. The maximum atomic E-state index is 12.3. The molecule has 3 N–H and O–H groups in total. The molecule has 21 heavy (non-hydrogen) atoms. The molecule has 1 fully saturated rings. The lowest BCUT2D eigenvalue weighted by Gasteiger charge is -2.36. The summed E-state index contributed by atoms with van der Waals surface area (Å²) in [4.78, 5) is 18.7. The first-order valence-corrected chi connectivity index (χ1v) is 7.88. The summed E-state index contributed by atoms with van der Waals surface area (Å²) in [5.74, 6) is 0.710. The van der Waals surface area contributed by atoms with Gasteiger partial charge < -0.3 is 20.7 Å². The Labute approximate surface area is 133 Å². The first kappa shape index (κ1) is 16.0. The van der Waals surface area contributed by atoms with Gasteiger partial charge in [0.25, 0.3) is 0 Å². The highest BCUT2D eigenvalue weighted by Crippen LogP contribution is 2.32. The van der Waals surface area contributed by atoms with Gasteiger partial charge in [0.2, 0.25) is 5.91 Å². The maximum Gasteiger partial charge on any atom is 0.245 e. The molecule has 1 atom stereocenters. The van der Waals surface area contributed by atoms with Gasteiger partial charge in [0.05, 0.1) is 29.6 Å². The van der Waals surface area contributed by atoms with Crippen LogP contribution in [0.2, 0.25) is 0 Å². The minimum Gasteiger partial charge on any atom is -0.397 e. The zero-order valence-corrected chi connectivity index (χ0v) is 13.9. The number of rotatable bonds is 4. The van der Waals surface area contributed by atoms with E-state index >= 15 is 0 Å². The number of nitrogens with zero attached hydrogens (tertiary/aromatic N) is 2. The Morgan fingerprint density at radius 3 is 3.14 bits per heavy atom. The summed E-state index contributed by atoms with van der Waals surface area (Å²) in [6, 6.07) is -0.364. The molecule has 1 amide bonds. The third kappa shape index (κ3) is 3.47. The van der Waals surface area contributed by atoms with E-state index in [1.54, 1.807) is 6.20 Å². The third-order valence-electron chi connectivity index (χ3n) is 3.54. The molecule has 6 nitrogen and oxygen atoms in total. The van der Waals surface area contributed by atoms with Crippen LogP contribution in [0.15, 0.2) is 10.7 Å². The van der Waals surface area contributed by atoms with Crippen molar-refractivity contribution in [2.75, 3.05) is 36.9 Å². The Morgan fingerprint density at radius 2 is 2.43 bits per heavy atom. The van der Waals surface area contributed by atoms with E-state index in [0.29, 0.717) is 32.0 Å². The predicted octanol–water partition coefficient (Wildman–Crippen LogP) is 1.47. The average Bonchev–Trinajstić information content (AvgIpc) is 2.50. The molecule has 7 heteroatoms. The Hall–Kier alpha value is -1.34. The number of morpholine rings is 1. The summed E-state index contributed by atoms with van der Waals surface area (Å²) < 4.78 is 6.29. The average molecular weight is 357 g/mol. The second kappa shape index (κ2) is 7.09. The Bertz CT molecular complexity index is 524. The van der Waals surface area contributed by atoms with E-state index in [0.717, 1.165) is 22.3 Å². The molecular formula is C14H21BrN4O2. The van der Waals surface area contributed by atoms with E-state index in [2.05, 4.69) is 26.2 Å². The number of nitrogens with two attached hydrogens (primary N) is 1. The van der Waals surface area contributed by atoms with E-state index in [9.17, 15) is 4.79 Å². The van der Waals surface area contributed by atoms with Crippen LogP contribution >= 0.6 is 15.9 Å². The molecule has 1 unspecified atom stereocenters. The fourth-order valence-electron chi connectivity index (χ4n) is 2.22. The second-order valence-electron chi connectivity index (χ2n) is 5.05. The van der Waals surface area contributed by atoms with Crippen LogP contribution in [0.4, 0.5) is 11.5 Å². The minimum absolute atomic E-state index is 0.0280. The van der Waals surface area contributed by atoms with Gasteiger partial charge in [0.15, 0.2) is 0 Å². The molecule has 2 rings (SSSR count). The highest BCUT2D eigenvalue weighted by Gasteiger charge is 2.31. The van der Waals surface area contributed by atoms with Crippen LogP contribution in [0.1, 0.15) is 18.9 Å². The fourth-order valence-corrected chi connectivity index (χ4v) is 2.78. The summed E-state index contributed by atoms with van der Waals surface area (Å²) in [5.41, 5.74) is 7.42. The van der Waals surface area contributed by atoms with Crippen LogP contribution in [0.5, 0.6) is 0 Å². The van der Waals surface area contributed by atoms with Crippen molar-refractivity contribution in [3.05, 3.63) is 16.2 Å². The Morgan fingerprint density at radius 1 is 1.67 bits per heavy atom. The summed E-state index contributed by atoms with van der Waals surface area (Å²) in [5, 5.41) is 2.92. The van der Waals surface area contributed by atoms with Crippen molar-refractivity contribution in [3.8, 4) is 0 Å². The number of aromatic nitrogens is 1. The molecule has 1 aromatic rings. The number of anilines is 2. The first-order chi connectivity index (χ1) is 10.1. The van der Waals surface area contributed by atoms with Crippen molar-refractivity contribution in [1.82, 2.24) is 10.3 Å². The monoisotopic (exact) mass is 356 g/mol. The fraction of sp³-hybridized carbons (Fsp3) is 0.571. The lowest BCUT2D eigenvalue weighted by Crippen LogP contribution is -2.54. The molecule has 0 bridgehead atoms. The molecule has 1 aliphatic rings. The molecule has 0 aromatic carbocycles. The van der Waals surface area contributed by atoms with Gasteiger partial charge in [-0.2, -0.15) is 0 Å². The van der Waals surface area contributed by atoms with E-state index in [-0.39, 0.29) is 11.9 Å². The molecule has 1 aromatic heterocycles.